The van der Waals surface area contributed by atoms with Crippen LogP contribution in [0.1, 0.15) is 35.3 Å². The fraction of sp³-hybridized carbons (Fsp3) is 0.222. The van der Waals surface area contributed by atoms with E-state index < -0.39 is 23.3 Å². The number of nitrogen functional groups attached to an aromatic ring is 1. The molecule has 0 aliphatic heterocycles. The maximum Gasteiger partial charge on any atom is 0.338 e. The molecule has 194 valence electrons. The molecule has 1 atom stereocenters. The summed E-state index contributed by atoms with van der Waals surface area (Å²) in [4.78, 5) is 38.2. The number of anilines is 3. The lowest BCUT2D eigenvalue weighted by Gasteiger charge is -2.30. The summed E-state index contributed by atoms with van der Waals surface area (Å²) in [7, 11) is 2.89. The highest BCUT2D eigenvalue weighted by Gasteiger charge is 2.40. The number of ether oxygens (including phenoxy) is 3. The van der Waals surface area contributed by atoms with Crippen molar-refractivity contribution in [3.05, 3.63) is 77.4 Å². The van der Waals surface area contributed by atoms with Gasteiger partial charge in [-0.15, -0.1) is 0 Å². The van der Waals surface area contributed by atoms with Crippen LogP contribution >= 0.6 is 0 Å². The van der Waals surface area contributed by atoms with Gasteiger partial charge in [-0.1, -0.05) is 18.2 Å². The number of esters is 1. The number of methoxy groups -OCH3 is 2. The second-order valence-corrected chi connectivity index (χ2v) is 8.24. The van der Waals surface area contributed by atoms with Crippen LogP contribution < -0.4 is 31.6 Å². The van der Waals surface area contributed by atoms with E-state index in [9.17, 15) is 14.4 Å². The van der Waals surface area contributed by atoms with Crippen molar-refractivity contribution in [2.45, 2.75) is 19.3 Å². The van der Waals surface area contributed by atoms with Gasteiger partial charge < -0.3 is 36.3 Å². The highest BCUT2D eigenvalue weighted by atomic mass is 16.5. The summed E-state index contributed by atoms with van der Waals surface area (Å²) >= 11 is 0. The van der Waals surface area contributed by atoms with E-state index in [1.54, 1.807) is 68.4 Å². The van der Waals surface area contributed by atoms with E-state index in [1.807, 2.05) is 0 Å². The summed E-state index contributed by atoms with van der Waals surface area (Å²) in [5.41, 5.74) is 12.6. The van der Waals surface area contributed by atoms with Crippen LogP contribution in [-0.2, 0) is 14.9 Å². The number of nitrogens with one attached hydrogen (secondary N) is 2. The number of nitrogens with two attached hydrogens (primary N) is 2. The van der Waals surface area contributed by atoms with Gasteiger partial charge in [0.15, 0.2) is 11.5 Å². The van der Waals surface area contributed by atoms with Crippen LogP contribution in [0.5, 0.6) is 11.5 Å². The number of primary amides is 1. The van der Waals surface area contributed by atoms with E-state index in [0.29, 0.717) is 34.1 Å². The molecule has 0 aliphatic carbocycles. The van der Waals surface area contributed by atoms with Crippen LogP contribution in [-0.4, -0.2) is 38.7 Å². The lowest BCUT2D eigenvalue weighted by molar-refractivity contribution is -0.121. The number of benzene rings is 3. The molecule has 0 fully saturated rings. The normalized spacial score (nSPS) is 12.1. The Kier molecular flexibility index (Phi) is 8.23. The standard InChI is InChI=1S/C27H30N4O6/c1-5-37-24(32)20-14-22(35-3)23(36-4)15-21(20)27(2,25(29)33)16-9-11-18(12-10-16)30-26(34)31-19-8-6-7-17(28)13-19/h6-15H,5,28H2,1-4H3,(H2,29,33)(H2,30,31,34). The first-order valence-corrected chi connectivity index (χ1v) is 11.4. The minimum absolute atomic E-state index is 0.115. The van der Waals surface area contributed by atoms with Crippen LogP contribution in [0.3, 0.4) is 0 Å². The molecule has 0 heterocycles. The van der Waals surface area contributed by atoms with Crippen molar-refractivity contribution in [1.29, 1.82) is 0 Å². The Morgan fingerprint density at radius 3 is 2.08 bits per heavy atom. The van der Waals surface area contributed by atoms with Crippen molar-refractivity contribution >= 4 is 35.0 Å². The van der Waals surface area contributed by atoms with Crippen LogP contribution in [0.2, 0.25) is 0 Å². The zero-order chi connectivity index (χ0) is 27.2. The van der Waals surface area contributed by atoms with Crippen molar-refractivity contribution in [2.24, 2.45) is 5.73 Å². The monoisotopic (exact) mass is 506 g/mol. The van der Waals surface area contributed by atoms with Gasteiger partial charge in [-0.3, -0.25) is 4.79 Å². The van der Waals surface area contributed by atoms with Crippen LogP contribution in [0.25, 0.3) is 0 Å². The third kappa shape index (κ3) is 5.75. The molecular weight excluding hydrogens is 476 g/mol. The summed E-state index contributed by atoms with van der Waals surface area (Å²) in [5.74, 6) is -0.728. The predicted octanol–water partition coefficient (Wildman–Crippen LogP) is 3.90. The number of urea groups is 1. The molecule has 3 rings (SSSR count). The number of carbonyl (C=O) groups is 3. The predicted molar refractivity (Wildman–Crippen MR) is 141 cm³/mol. The largest absolute Gasteiger partial charge is 0.493 e. The smallest absolute Gasteiger partial charge is 0.338 e. The molecule has 10 heteroatoms. The molecule has 3 aromatic carbocycles. The van der Waals surface area contributed by atoms with Crippen molar-refractivity contribution in [3.63, 3.8) is 0 Å². The van der Waals surface area contributed by atoms with E-state index in [4.69, 9.17) is 25.7 Å². The highest BCUT2D eigenvalue weighted by Crippen LogP contribution is 2.40. The Morgan fingerprint density at radius 2 is 1.51 bits per heavy atom. The maximum absolute atomic E-state index is 12.9. The summed E-state index contributed by atoms with van der Waals surface area (Å²) in [6, 6.07) is 15.9. The number of rotatable bonds is 9. The topological polar surface area (TPSA) is 155 Å². The molecule has 0 radical (unpaired) electrons. The minimum Gasteiger partial charge on any atom is -0.493 e. The summed E-state index contributed by atoms with van der Waals surface area (Å²) in [5, 5.41) is 5.41. The number of carbonyl (C=O) groups excluding carboxylic acids is 3. The van der Waals surface area contributed by atoms with Gasteiger partial charge >= 0.3 is 12.0 Å². The molecule has 0 aromatic heterocycles. The average Bonchev–Trinajstić information content (AvgIpc) is 2.87. The molecule has 0 spiro atoms. The van der Waals surface area contributed by atoms with Crippen LogP contribution in [0.15, 0.2) is 60.7 Å². The second kappa shape index (κ2) is 11.3. The molecule has 0 aliphatic rings. The van der Waals surface area contributed by atoms with E-state index >= 15 is 0 Å². The zero-order valence-corrected chi connectivity index (χ0v) is 21.1. The van der Waals surface area contributed by atoms with Gasteiger partial charge in [0.1, 0.15) is 0 Å². The third-order valence-corrected chi connectivity index (χ3v) is 5.92. The number of hydrogen-bond acceptors (Lipinski definition) is 7. The number of hydrogen-bond donors (Lipinski definition) is 4. The van der Waals surface area contributed by atoms with E-state index in [-0.39, 0.29) is 17.7 Å². The lowest BCUT2D eigenvalue weighted by Crippen LogP contribution is -2.41. The van der Waals surface area contributed by atoms with Crippen molar-refractivity contribution in [2.75, 3.05) is 37.2 Å². The molecule has 0 saturated carbocycles. The van der Waals surface area contributed by atoms with Crippen LogP contribution in [0.4, 0.5) is 21.9 Å². The Bertz CT molecular complexity index is 1310. The molecule has 0 bridgehead atoms. The zero-order valence-electron chi connectivity index (χ0n) is 21.1. The Hall–Kier alpha value is -4.73. The molecule has 37 heavy (non-hydrogen) atoms. The first kappa shape index (κ1) is 26.9. The van der Waals surface area contributed by atoms with Crippen molar-refractivity contribution < 1.29 is 28.6 Å². The molecular formula is C27H30N4O6. The summed E-state index contributed by atoms with van der Waals surface area (Å²) in [6.45, 7) is 3.42. The van der Waals surface area contributed by atoms with Gasteiger partial charge in [0, 0.05) is 17.1 Å². The SMILES string of the molecule is CCOC(=O)c1cc(OC)c(OC)cc1C(C)(C(N)=O)c1ccc(NC(=O)Nc2cccc(N)c2)cc1. The number of amides is 3. The van der Waals surface area contributed by atoms with Crippen LogP contribution in [0, 0.1) is 0 Å². The first-order chi connectivity index (χ1) is 17.6. The molecule has 6 N–H and O–H groups in total. The van der Waals surface area contributed by atoms with Gasteiger partial charge in [-0.25, -0.2) is 9.59 Å². The average molecular weight is 507 g/mol. The Balaban J connectivity index is 1.98. The quantitative estimate of drug-likeness (QED) is 0.253. The lowest BCUT2D eigenvalue weighted by atomic mass is 9.73. The summed E-state index contributed by atoms with van der Waals surface area (Å²) < 4.78 is 16.0. The van der Waals surface area contributed by atoms with Gasteiger partial charge in [0.05, 0.1) is 31.8 Å². The third-order valence-electron chi connectivity index (χ3n) is 5.92. The Labute approximate surface area is 214 Å². The summed E-state index contributed by atoms with van der Waals surface area (Å²) in [6.07, 6.45) is 0. The molecule has 3 amide bonds. The van der Waals surface area contributed by atoms with Crippen molar-refractivity contribution in [3.8, 4) is 11.5 Å². The van der Waals surface area contributed by atoms with Gasteiger partial charge in [-0.2, -0.15) is 0 Å². The van der Waals surface area contributed by atoms with E-state index in [2.05, 4.69) is 10.6 Å². The first-order valence-electron chi connectivity index (χ1n) is 11.4. The highest BCUT2D eigenvalue weighted by molar-refractivity contribution is 6.01. The molecule has 10 nitrogen and oxygen atoms in total. The molecule has 1 unspecified atom stereocenters. The van der Waals surface area contributed by atoms with Gasteiger partial charge in [0.25, 0.3) is 0 Å². The maximum atomic E-state index is 12.9. The van der Waals surface area contributed by atoms with Crippen molar-refractivity contribution in [1.82, 2.24) is 0 Å². The molecule has 0 saturated heterocycles. The Morgan fingerprint density at radius 1 is 0.892 bits per heavy atom. The second-order valence-electron chi connectivity index (χ2n) is 8.24. The fourth-order valence-corrected chi connectivity index (χ4v) is 3.90. The van der Waals surface area contributed by atoms with Gasteiger partial charge in [-0.05, 0) is 67.4 Å². The van der Waals surface area contributed by atoms with E-state index in [1.165, 1.54) is 20.3 Å². The fourth-order valence-electron chi connectivity index (χ4n) is 3.90. The van der Waals surface area contributed by atoms with E-state index in [0.717, 1.165) is 0 Å². The molecule has 3 aromatic rings. The van der Waals surface area contributed by atoms with Gasteiger partial charge in [0.2, 0.25) is 5.91 Å². The minimum atomic E-state index is -1.45.